The highest BCUT2D eigenvalue weighted by Crippen LogP contribution is 2.54. The van der Waals surface area contributed by atoms with Gasteiger partial charge in [-0.15, -0.1) is 0 Å². The molecular formula is C10H14F2O. The highest BCUT2D eigenvalue weighted by molar-refractivity contribution is 5.78. The Morgan fingerprint density at radius 3 is 2.08 bits per heavy atom. The first-order chi connectivity index (χ1) is 6.01. The van der Waals surface area contributed by atoms with E-state index in [1.807, 2.05) is 0 Å². The molecule has 0 N–H and O–H groups in total. The van der Waals surface area contributed by atoms with Crippen LogP contribution in [-0.2, 0) is 4.79 Å². The van der Waals surface area contributed by atoms with Gasteiger partial charge in [-0.1, -0.05) is 0 Å². The van der Waals surface area contributed by atoms with E-state index in [4.69, 9.17) is 0 Å². The van der Waals surface area contributed by atoms with Crippen molar-refractivity contribution in [2.75, 3.05) is 0 Å². The minimum absolute atomic E-state index is 0.0860. The average Bonchev–Trinajstić information content (AvgIpc) is 2.24. The fraction of sp³-hybridized carbons (Fsp3) is 0.900. The Bertz CT molecular complexity index is 221. The van der Waals surface area contributed by atoms with Crippen molar-refractivity contribution in [2.24, 2.45) is 17.8 Å². The third-order valence-electron chi connectivity index (χ3n) is 3.67. The van der Waals surface area contributed by atoms with E-state index in [-0.39, 0.29) is 11.7 Å². The molecule has 2 atom stereocenters. The number of rotatable bonds is 1. The van der Waals surface area contributed by atoms with E-state index in [2.05, 4.69) is 0 Å². The largest absolute Gasteiger partial charge is 0.300 e. The highest BCUT2D eigenvalue weighted by Gasteiger charge is 2.56. The van der Waals surface area contributed by atoms with E-state index in [9.17, 15) is 13.6 Å². The first kappa shape index (κ1) is 9.10. The van der Waals surface area contributed by atoms with Gasteiger partial charge in [0.2, 0.25) is 0 Å². The number of fused-ring (bicyclic) bond motifs is 2. The zero-order chi connectivity index (χ0) is 9.64. The molecule has 2 aliphatic rings. The third-order valence-corrected chi connectivity index (χ3v) is 3.67. The summed E-state index contributed by atoms with van der Waals surface area (Å²) in [6, 6.07) is 0. The van der Waals surface area contributed by atoms with Gasteiger partial charge in [-0.3, -0.25) is 4.79 Å². The second-order valence-corrected chi connectivity index (χ2v) is 4.42. The maximum atomic E-state index is 13.4. The van der Waals surface area contributed by atoms with Crippen LogP contribution < -0.4 is 0 Å². The third kappa shape index (κ3) is 1.29. The second-order valence-electron chi connectivity index (χ2n) is 4.42. The zero-order valence-corrected chi connectivity index (χ0v) is 7.72. The maximum absolute atomic E-state index is 13.4. The minimum Gasteiger partial charge on any atom is -0.300 e. The fourth-order valence-electron chi connectivity index (χ4n) is 2.79. The molecule has 0 amide bonds. The predicted octanol–water partition coefficient (Wildman–Crippen LogP) is 2.65. The molecule has 13 heavy (non-hydrogen) atoms. The Hall–Kier alpha value is -0.470. The number of hydrogen-bond acceptors (Lipinski definition) is 1. The molecule has 2 saturated carbocycles. The van der Waals surface area contributed by atoms with Gasteiger partial charge >= 0.3 is 0 Å². The molecule has 2 bridgehead atoms. The molecule has 1 nitrogen and oxygen atoms in total. The number of ketones is 1. The zero-order valence-electron chi connectivity index (χ0n) is 7.72. The van der Waals surface area contributed by atoms with E-state index in [0.717, 1.165) is 0 Å². The molecule has 3 heteroatoms. The van der Waals surface area contributed by atoms with Crippen LogP contribution in [-0.4, -0.2) is 11.7 Å². The first-order valence-corrected chi connectivity index (χ1v) is 4.90. The summed E-state index contributed by atoms with van der Waals surface area (Å²) in [4.78, 5) is 11.1. The number of carbonyl (C=O) groups excluding carboxylic acids is 1. The van der Waals surface area contributed by atoms with Crippen molar-refractivity contribution >= 4 is 5.78 Å². The summed E-state index contributed by atoms with van der Waals surface area (Å²) >= 11 is 0. The van der Waals surface area contributed by atoms with E-state index in [1.54, 1.807) is 0 Å². The molecule has 0 radical (unpaired) electrons. The molecule has 0 aromatic carbocycles. The van der Waals surface area contributed by atoms with Gasteiger partial charge in [0, 0.05) is 17.8 Å². The number of carbonyl (C=O) groups is 1. The van der Waals surface area contributed by atoms with Crippen molar-refractivity contribution in [1.82, 2.24) is 0 Å². The van der Waals surface area contributed by atoms with E-state index >= 15 is 0 Å². The summed E-state index contributed by atoms with van der Waals surface area (Å²) < 4.78 is 26.8. The lowest BCUT2D eigenvalue weighted by atomic mass is 9.76. The second kappa shape index (κ2) is 2.76. The van der Waals surface area contributed by atoms with Crippen molar-refractivity contribution in [3.63, 3.8) is 0 Å². The van der Waals surface area contributed by atoms with Crippen LogP contribution >= 0.6 is 0 Å². The summed E-state index contributed by atoms with van der Waals surface area (Å²) in [7, 11) is 0. The van der Waals surface area contributed by atoms with Gasteiger partial charge in [-0.25, -0.2) is 8.78 Å². The quantitative estimate of drug-likeness (QED) is 0.618. The average molecular weight is 188 g/mol. The Kier molecular flexibility index (Phi) is 1.93. The Labute approximate surface area is 76.5 Å². The molecule has 2 fully saturated rings. The number of Topliss-reactive ketones (excluding diaryl/α,β-unsaturated/α-hetero) is 1. The van der Waals surface area contributed by atoms with Gasteiger partial charge in [-0.05, 0) is 32.6 Å². The van der Waals surface area contributed by atoms with E-state index < -0.39 is 17.8 Å². The van der Waals surface area contributed by atoms with Gasteiger partial charge in [0.15, 0.2) is 0 Å². The lowest BCUT2D eigenvalue weighted by Crippen LogP contribution is -2.38. The van der Waals surface area contributed by atoms with Gasteiger partial charge < -0.3 is 0 Å². The molecule has 2 unspecified atom stereocenters. The van der Waals surface area contributed by atoms with Crippen molar-refractivity contribution in [2.45, 2.75) is 38.5 Å². The summed E-state index contributed by atoms with van der Waals surface area (Å²) in [6.45, 7) is 1.52. The molecule has 2 rings (SSSR count). The van der Waals surface area contributed by atoms with Gasteiger partial charge in [0.25, 0.3) is 5.92 Å². The maximum Gasteiger partial charge on any atom is 0.253 e. The normalized spacial score (nSPS) is 41.9. The monoisotopic (exact) mass is 188 g/mol. The van der Waals surface area contributed by atoms with Crippen molar-refractivity contribution in [3.8, 4) is 0 Å². The van der Waals surface area contributed by atoms with Gasteiger partial charge in [0.05, 0.1) is 0 Å². The summed E-state index contributed by atoms with van der Waals surface area (Å²) in [5.74, 6) is -3.50. The Morgan fingerprint density at radius 2 is 1.69 bits per heavy atom. The molecule has 0 aliphatic heterocycles. The number of halogens is 2. The van der Waals surface area contributed by atoms with E-state index in [0.29, 0.717) is 25.7 Å². The van der Waals surface area contributed by atoms with Crippen LogP contribution in [0.15, 0.2) is 0 Å². The molecule has 2 aliphatic carbocycles. The predicted molar refractivity (Wildman–Crippen MR) is 44.6 cm³/mol. The van der Waals surface area contributed by atoms with Crippen LogP contribution in [0.4, 0.5) is 8.78 Å². The van der Waals surface area contributed by atoms with Crippen LogP contribution in [0, 0.1) is 17.8 Å². The van der Waals surface area contributed by atoms with Crippen LogP contribution in [0.5, 0.6) is 0 Å². The molecule has 0 heterocycles. The van der Waals surface area contributed by atoms with Gasteiger partial charge in [-0.2, -0.15) is 0 Å². The van der Waals surface area contributed by atoms with Crippen LogP contribution in [0.1, 0.15) is 32.6 Å². The van der Waals surface area contributed by atoms with Crippen LogP contribution in [0.2, 0.25) is 0 Å². The SMILES string of the molecule is CC(=O)C1CC2CCC(C1)C2(F)F. The summed E-state index contributed by atoms with van der Waals surface area (Å²) in [5.41, 5.74) is 0. The highest BCUT2D eigenvalue weighted by atomic mass is 19.3. The smallest absolute Gasteiger partial charge is 0.253 e. The Balaban J connectivity index is 2.15. The lowest BCUT2D eigenvalue weighted by Gasteiger charge is -2.33. The summed E-state index contributed by atoms with van der Waals surface area (Å²) in [5, 5.41) is 0. The van der Waals surface area contributed by atoms with E-state index in [1.165, 1.54) is 6.92 Å². The molecular weight excluding hydrogens is 174 g/mol. The topological polar surface area (TPSA) is 17.1 Å². The standard InChI is InChI=1S/C10H14F2O/c1-6(13)7-4-8-2-3-9(5-7)10(8,11)12/h7-9H,2-5H2,1H3. The van der Waals surface area contributed by atoms with Crippen molar-refractivity contribution in [1.29, 1.82) is 0 Å². The number of alkyl halides is 2. The Morgan fingerprint density at radius 1 is 1.23 bits per heavy atom. The fourth-order valence-corrected chi connectivity index (χ4v) is 2.79. The molecule has 0 aromatic heterocycles. The first-order valence-electron chi connectivity index (χ1n) is 4.90. The van der Waals surface area contributed by atoms with Crippen LogP contribution in [0.25, 0.3) is 0 Å². The summed E-state index contributed by atoms with van der Waals surface area (Å²) in [6.07, 6.45) is 2.06. The molecule has 74 valence electrons. The minimum atomic E-state index is -2.48. The van der Waals surface area contributed by atoms with Crippen molar-refractivity contribution < 1.29 is 13.6 Å². The van der Waals surface area contributed by atoms with Gasteiger partial charge in [0.1, 0.15) is 5.78 Å². The van der Waals surface area contributed by atoms with Crippen molar-refractivity contribution in [3.05, 3.63) is 0 Å². The van der Waals surface area contributed by atoms with Crippen LogP contribution in [0.3, 0.4) is 0 Å². The number of hydrogen-bond donors (Lipinski definition) is 0. The molecule has 0 spiro atoms. The lowest BCUT2D eigenvalue weighted by molar-refractivity contribution is -0.134. The molecule has 0 saturated heterocycles. The molecule has 0 aromatic rings.